The van der Waals surface area contributed by atoms with Crippen LogP contribution in [-0.2, 0) is 22.8 Å². The molecule has 2 fully saturated rings. The van der Waals surface area contributed by atoms with Crippen LogP contribution < -0.4 is 14.2 Å². The summed E-state index contributed by atoms with van der Waals surface area (Å²) in [7, 11) is 1.57. The summed E-state index contributed by atoms with van der Waals surface area (Å²) in [5.74, 6) is 0.0816. The van der Waals surface area contributed by atoms with Gasteiger partial charge < -0.3 is 33.8 Å². The molecule has 4 amide bonds. The molecule has 3 heterocycles. The zero-order valence-corrected chi connectivity index (χ0v) is 29.2. The number of ether oxygens (including phenoxy) is 3. The molecule has 0 spiro atoms. The van der Waals surface area contributed by atoms with E-state index in [-0.39, 0.29) is 59.7 Å². The van der Waals surface area contributed by atoms with Crippen molar-refractivity contribution < 1.29 is 33.4 Å². The summed E-state index contributed by atoms with van der Waals surface area (Å²) < 4.78 is 20.2. The average Bonchev–Trinajstić information content (AvgIpc) is 3.50. The fourth-order valence-corrected chi connectivity index (χ4v) is 6.38. The Labute approximate surface area is 297 Å². The van der Waals surface area contributed by atoms with E-state index >= 15 is 0 Å². The van der Waals surface area contributed by atoms with Crippen LogP contribution in [0, 0.1) is 0 Å². The second kappa shape index (κ2) is 15.8. The lowest BCUT2D eigenvalue weighted by Crippen LogP contribution is -2.51. The van der Waals surface area contributed by atoms with Crippen molar-refractivity contribution in [1.29, 1.82) is 0 Å². The summed E-state index contributed by atoms with van der Waals surface area (Å²) in [6.45, 7) is 6.02. The second-order valence-corrected chi connectivity index (χ2v) is 12.5. The number of hydrogen-bond donors (Lipinski definition) is 0. The lowest BCUT2D eigenvalue weighted by atomic mass is 10.2. The molecule has 4 aromatic rings. The van der Waals surface area contributed by atoms with Crippen molar-refractivity contribution >= 4 is 23.6 Å². The molecule has 6 rings (SSSR count). The average molecular weight is 694 g/mol. The predicted octanol–water partition coefficient (Wildman–Crippen LogP) is 4.25. The van der Waals surface area contributed by atoms with E-state index < -0.39 is 0 Å². The predicted molar refractivity (Wildman–Crippen MR) is 190 cm³/mol. The number of benzene rings is 3. The van der Waals surface area contributed by atoms with Gasteiger partial charge in [-0.2, -0.15) is 0 Å². The molecule has 12 nitrogen and oxygen atoms in total. The van der Waals surface area contributed by atoms with Crippen LogP contribution in [0.1, 0.15) is 46.0 Å². The van der Waals surface area contributed by atoms with Gasteiger partial charge in [-0.25, -0.2) is 0 Å². The number of carbonyl (C=O) groups excluding carboxylic acids is 4. The molecule has 2 saturated heterocycles. The van der Waals surface area contributed by atoms with Crippen LogP contribution >= 0.6 is 0 Å². The van der Waals surface area contributed by atoms with Crippen LogP contribution in [0.3, 0.4) is 0 Å². The van der Waals surface area contributed by atoms with E-state index in [4.69, 9.17) is 14.2 Å². The van der Waals surface area contributed by atoms with E-state index in [1.165, 1.54) is 13.8 Å². The minimum Gasteiger partial charge on any atom is -0.497 e. The highest BCUT2D eigenvalue weighted by molar-refractivity contribution is 6.04. The Morgan fingerprint density at radius 1 is 0.529 bits per heavy atom. The van der Waals surface area contributed by atoms with Gasteiger partial charge in [-0.1, -0.05) is 60.7 Å². The molecule has 0 unspecified atom stereocenters. The molecule has 0 aliphatic carbocycles. The van der Waals surface area contributed by atoms with Gasteiger partial charge in [0.2, 0.25) is 11.8 Å². The summed E-state index contributed by atoms with van der Waals surface area (Å²) in [6, 6.07) is 26.3. The topological polar surface area (TPSA) is 114 Å². The highest BCUT2D eigenvalue weighted by Crippen LogP contribution is 2.43. The maximum atomic E-state index is 14.9. The Kier molecular flexibility index (Phi) is 10.9. The van der Waals surface area contributed by atoms with Crippen LogP contribution in [0.2, 0.25) is 0 Å². The number of aromatic nitrogens is 1. The Morgan fingerprint density at radius 3 is 1.25 bits per heavy atom. The normalized spacial score (nSPS) is 14.6. The number of piperazine rings is 2. The molecule has 266 valence electrons. The smallest absolute Gasteiger partial charge is 0.275 e. The monoisotopic (exact) mass is 693 g/mol. The van der Waals surface area contributed by atoms with Gasteiger partial charge in [-0.3, -0.25) is 23.7 Å². The van der Waals surface area contributed by atoms with Crippen molar-refractivity contribution in [2.24, 2.45) is 0 Å². The van der Waals surface area contributed by atoms with Crippen LogP contribution in [-0.4, -0.2) is 107 Å². The van der Waals surface area contributed by atoms with Crippen molar-refractivity contribution in [3.05, 3.63) is 107 Å². The largest absolute Gasteiger partial charge is 0.497 e. The SMILES string of the molecule is COc1ccc(-n2c(C(=O)N3CCN(C(C)=O)CC3)c(OCc3ccccc3)c(OCc3ccccc3)c2C(=O)N2CCN(C(C)=O)CC2)cc1. The third-order valence-corrected chi connectivity index (χ3v) is 9.30. The van der Waals surface area contributed by atoms with Gasteiger partial charge in [0.1, 0.15) is 19.0 Å². The molecular weight excluding hydrogens is 650 g/mol. The van der Waals surface area contributed by atoms with Crippen molar-refractivity contribution in [2.75, 3.05) is 59.5 Å². The maximum absolute atomic E-state index is 14.9. The standard InChI is InChI=1S/C39H43N5O7/c1-28(45)40-18-22-42(23-19-40)38(47)34-36(50-26-30-10-6-4-7-11-30)37(51-27-31-12-8-5-9-13-31)35(44(34)32-14-16-33(49-3)17-15-32)39(48)43-24-20-41(21-25-43)29(2)46/h4-17H,18-27H2,1-3H3. The molecule has 0 radical (unpaired) electrons. The summed E-state index contributed by atoms with van der Waals surface area (Å²) in [5, 5.41) is 0. The number of rotatable bonds is 10. The number of nitrogens with zero attached hydrogens (tertiary/aromatic N) is 5. The number of methoxy groups -OCH3 is 1. The van der Waals surface area contributed by atoms with Crippen LogP contribution in [0.4, 0.5) is 0 Å². The molecule has 0 saturated carbocycles. The number of carbonyl (C=O) groups is 4. The van der Waals surface area contributed by atoms with Crippen LogP contribution in [0.5, 0.6) is 17.2 Å². The zero-order valence-electron chi connectivity index (χ0n) is 29.2. The summed E-state index contributed by atoms with van der Waals surface area (Å²) in [4.78, 5) is 60.8. The van der Waals surface area contributed by atoms with E-state index in [1.54, 1.807) is 55.5 Å². The summed E-state index contributed by atoms with van der Waals surface area (Å²) in [6.07, 6.45) is 0. The van der Waals surface area contributed by atoms with Crippen LogP contribution in [0.15, 0.2) is 84.9 Å². The minimum absolute atomic E-state index is 0.0510. The van der Waals surface area contributed by atoms with Crippen molar-refractivity contribution in [3.8, 4) is 22.9 Å². The van der Waals surface area contributed by atoms with Gasteiger partial charge in [0.25, 0.3) is 11.8 Å². The van der Waals surface area contributed by atoms with Crippen molar-refractivity contribution in [2.45, 2.75) is 27.1 Å². The highest BCUT2D eigenvalue weighted by atomic mass is 16.5. The summed E-state index contributed by atoms with van der Waals surface area (Å²) >= 11 is 0. The fraction of sp³-hybridized carbons (Fsp3) is 0.333. The first-order valence-electron chi connectivity index (χ1n) is 17.1. The Morgan fingerprint density at radius 2 is 0.902 bits per heavy atom. The second-order valence-electron chi connectivity index (χ2n) is 12.5. The Balaban J connectivity index is 1.53. The lowest BCUT2D eigenvalue weighted by molar-refractivity contribution is -0.131. The third-order valence-electron chi connectivity index (χ3n) is 9.30. The van der Waals surface area contributed by atoms with E-state index in [2.05, 4.69) is 0 Å². The Hall–Kier alpha value is -5.78. The molecular formula is C39H43N5O7. The van der Waals surface area contributed by atoms with Gasteiger partial charge in [0.15, 0.2) is 22.9 Å². The molecule has 1 aromatic heterocycles. The van der Waals surface area contributed by atoms with Gasteiger partial charge in [-0.05, 0) is 35.4 Å². The molecule has 2 aliphatic rings. The minimum atomic E-state index is -0.359. The van der Waals surface area contributed by atoms with Gasteiger partial charge >= 0.3 is 0 Å². The van der Waals surface area contributed by atoms with E-state index in [0.717, 1.165) is 11.1 Å². The quantitative estimate of drug-likeness (QED) is 0.244. The molecule has 12 heteroatoms. The molecule has 0 N–H and O–H groups in total. The first kappa shape index (κ1) is 35.1. The van der Waals surface area contributed by atoms with E-state index in [1.807, 2.05) is 60.7 Å². The molecule has 2 aliphatic heterocycles. The molecule has 3 aromatic carbocycles. The Bertz CT molecular complexity index is 1730. The number of amides is 4. The van der Waals surface area contributed by atoms with E-state index in [0.29, 0.717) is 63.8 Å². The molecule has 0 atom stereocenters. The summed E-state index contributed by atoms with van der Waals surface area (Å²) in [5.41, 5.74) is 2.55. The van der Waals surface area contributed by atoms with Crippen molar-refractivity contribution in [1.82, 2.24) is 24.2 Å². The van der Waals surface area contributed by atoms with Crippen LogP contribution in [0.25, 0.3) is 5.69 Å². The highest BCUT2D eigenvalue weighted by Gasteiger charge is 2.39. The van der Waals surface area contributed by atoms with Crippen molar-refractivity contribution in [3.63, 3.8) is 0 Å². The fourth-order valence-electron chi connectivity index (χ4n) is 6.38. The van der Waals surface area contributed by atoms with Gasteiger partial charge in [-0.15, -0.1) is 0 Å². The third kappa shape index (κ3) is 7.85. The van der Waals surface area contributed by atoms with E-state index in [9.17, 15) is 19.2 Å². The van der Waals surface area contributed by atoms with Gasteiger partial charge in [0, 0.05) is 71.9 Å². The molecule has 51 heavy (non-hydrogen) atoms. The maximum Gasteiger partial charge on any atom is 0.275 e. The first-order valence-corrected chi connectivity index (χ1v) is 17.1. The molecule has 0 bridgehead atoms. The lowest BCUT2D eigenvalue weighted by Gasteiger charge is -2.35. The van der Waals surface area contributed by atoms with Gasteiger partial charge in [0.05, 0.1) is 7.11 Å². The first-order chi connectivity index (χ1) is 24.7. The zero-order chi connectivity index (χ0) is 35.9. The number of hydrogen-bond acceptors (Lipinski definition) is 7.